The molecular weight excluding hydrogens is 378 g/mol. The first-order valence-corrected chi connectivity index (χ1v) is 10.5. The standard InChI is InChI=1S/C20H25N3O4S/c1-3-4-12-22-28(26,27)19-7-5-6-18(13-19)23-20(25)17-10-8-16(9-11-17)14-21-15(2)24/h5-11,13,22H,3-4,12,14H2,1-2H3,(H,21,24)(H,23,25). The molecule has 0 fully saturated rings. The molecule has 0 unspecified atom stereocenters. The Balaban J connectivity index is 2.05. The van der Waals surface area contributed by atoms with Crippen molar-refractivity contribution in [3.8, 4) is 0 Å². The number of carbonyl (C=O) groups excluding carboxylic acids is 2. The molecule has 0 saturated carbocycles. The van der Waals surface area contributed by atoms with Crippen molar-refractivity contribution < 1.29 is 18.0 Å². The maximum atomic E-state index is 12.4. The topological polar surface area (TPSA) is 104 Å². The Kier molecular flexibility index (Phi) is 7.71. The van der Waals surface area contributed by atoms with Gasteiger partial charge in [0.25, 0.3) is 5.91 Å². The molecule has 8 heteroatoms. The summed E-state index contributed by atoms with van der Waals surface area (Å²) in [6, 6.07) is 12.9. The van der Waals surface area contributed by atoms with Crippen LogP contribution >= 0.6 is 0 Å². The zero-order valence-electron chi connectivity index (χ0n) is 16.0. The number of nitrogens with one attached hydrogen (secondary N) is 3. The molecule has 2 amide bonds. The molecular formula is C20H25N3O4S. The average molecular weight is 404 g/mol. The van der Waals surface area contributed by atoms with Crippen LogP contribution in [-0.4, -0.2) is 26.8 Å². The Morgan fingerprint density at radius 2 is 1.75 bits per heavy atom. The number of unbranched alkanes of at least 4 members (excludes halogenated alkanes) is 1. The van der Waals surface area contributed by atoms with E-state index in [1.54, 1.807) is 36.4 Å². The number of rotatable bonds is 9. The van der Waals surface area contributed by atoms with Crippen molar-refractivity contribution in [2.75, 3.05) is 11.9 Å². The SMILES string of the molecule is CCCCNS(=O)(=O)c1cccc(NC(=O)c2ccc(CNC(C)=O)cc2)c1. The van der Waals surface area contributed by atoms with Crippen molar-refractivity contribution in [1.82, 2.24) is 10.0 Å². The lowest BCUT2D eigenvalue weighted by atomic mass is 10.1. The fourth-order valence-electron chi connectivity index (χ4n) is 2.41. The normalized spacial score (nSPS) is 11.1. The van der Waals surface area contributed by atoms with E-state index in [0.717, 1.165) is 18.4 Å². The Hall–Kier alpha value is -2.71. The summed E-state index contributed by atoms with van der Waals surface area (Å²) in [4.78, 5) is 23.5. The summed E-state index contributed by atoms with van der Waals surface area (Å²) in [6.45, 7) is 4.19. The van der Waals surface area contributed by atoms with Gasteiger partial charge in [0.05, 0.1) is 4.90 Å². The van der Waals surface area contributed by atoms with Crippen molar-refractivity contribution in [3.05, 3.63) is 59.7 Å². The molecule has 0 saturated heterocycles. The first kappa shape index (κ1) is 21.6. The van der Waals surface area contributed by atoms with Gasteiger partial charge in [0.15, 0.2) is 0 Å². The fraction of sp³-hybridized carbons (Fsp3) is 0.300. The Bertz CT molecular complexity index is 925. The monoisotopic (exact) mass is 403 g/mol. The molecule has 0 aliphatic rings. The van der Waals surface area contributed by atoms with Gasteiger partial charge in [-0.3, -0.25) is 9.59 Å². The molecule has 0 heterocycles. The van der Waals surface area contributed by atoms with Crippen LogP contribution in [0.15, 0.2) is 53.4 Å². The van der Waals surface area contributed by atoms with Crippen LogP contribution in [0, 0.1) is 0 Å². The van der Waals surface area contributed by atoms with Gasteiger partial charge < -0.3 is 10.6 Å². The van der Waals surface area contributed by atoms with E-state index < -0.39 is 10.0 Å². The van der Waals surface area contributed by atoms with Crippen LogP contribution in [0.1, 0.15) is 42.6 Å². The van der Waals surface area contributed by atoms with Gasteiger partial charge >= 0.3 is 0 Å². The van der Waals surface area contributed by atoms with Crippen molar-refractivity contribution in [2.45, 2.75) is 38.1 Å². The highest BCUT2D eigenvalue weighted by atomic mass is 32.2. The Labute approximate surface area is 165 Å². The minimum atomic E-state index is -3.61. The van der Waals surface area contributed by atoms with Gasteiger partial charge in [-0.2, -0.15) is 0 Å². The third-order valence-electron chi connectivity index (χ3n) is 3.98. The van der Waals surface area contributed by atoms with Gasteiger partial charge in [0.2, 0.25) is 15.9 Å². The Morgan fingerprint density at radius 3 is 2.39 bits per heavy atom. The van der Waals surface area contributed by atoms with Gasteiger partial charge in [-0.1, -0.05) is 31.5 Å². The number of carbonyl (C=O) groups is 2. The molecule has 28 heavy (non-hydrogen) atoms. The Morgan fingerprint density at radius 1 is 1.04 bits per heavy atom. The van der Waals surface area contributed by atoms with E-state index in [0.29, 0.717) is 24.3 Å². The third kappa shape index (κ3) is 6.47. The highest BCUT2D eigenvalue weighted by Crippen LogP contribution is 2.17. The lowest BCUT2D eigenvalue weighted by molar-refractivity contribution is -0.119. The first-order chi connectivity index (χ1) is 13.3. The molecule has 150 valence electrons. The van der Waals surface area contributed by atoms with Gasteiger partial charge in [-0.15, -0.1) is 0 Å². The van der Waals surface area contributed by atoms with E-state index >= 15 is 0 Å². The lowest BCUT2D eigenvalue weighted by Gasteiger charge is -2.10. The molecule has 2 aromatic rings. The summed E-state index contributed by atoms with van der Waals surface area (Å²) in [6.07, 6.45) is 1.65. The smallest absolute Gasteiger partial charge is 0.255 e. The average Bonchev–Trinajstić information content (AvgIpc) is 2.67. The van der Waals surface area contributed by atoms with Gasteiger partial charge in [0.1, 0.15) is 0 Å². The molecule has 7 nitrogen and oxygen atoms in total. The number of benzene rings is 2. The van der Waals surface area contributed by atoms with Crippen LogP contribution in [0.2, 0.25) is 0 Å². The van der Waals surface area contributed by atoms with Gasteiger partial charge in [0, 0.05) is 31.3 Å². The van der Waals surface area contributed by atoms with Crippen LogP contribution in [0.5, 0.6) is 0 Å². The van der Waals surface area contributed by atoms with Crippen molar-refractivity contribution in [3.63, 3.8) is 0 Å². The molecule has 2 rings (SSSR count). The highest BCUT2D eigenvalue weighted by molar-refractivity contribution is 7.89. The van der Waals surface area contributed by atoms with E-state index in [4.69, 9.17) is 0 Å². The van der Waals surface area contributed by atoms with E-state index in [1.165, 1.54) is 19.1 Å². The van der Waals surface area contributed by atoms with E-state index in [-0.39, 0.29) is 16.7 Å². The van der Waals surface area contributed by atoms with E-state index in [9.17, 15) is 18.0 Å². The largest absolute Gasteiger partial charge is 0.352 e. The van der Waals surface area contributed by atoms with E-state index in [2.05, 4.69) is 15.4 Å². The number of sulfonamides is 1. The second kappa shape index (κ2) is 10.0. The van der Waals surface area contributed by atoms with Crippen molar-refractivity contribution in [1.29, 1.82) is 0 Å². The lowest BCUT2D eigenvalue weighted by Crippen LogP contribution is -2.24. The minimum absolute atomic E-state index is 0.104. The van der Waals surface area contributed by atoms with Crippen LogP contribution in [-0.2, 0) is 21.4 Å². The zero-order chi connectivity index (χ0) is 20.6. The summed E-state index contributed by atoms with van der Waals surface area (Å²) >= 11 is 0. The summed E-state index contributed by atoms with van der Waals surface area (Å²) in [5.74, 6) is -0.472. The number of amides is 2. The maximum Gasteiger partial charge on any atom is 0.255 e. The van der Waals surface area contributed by atoms with Gasteiger partial charge in [-0.25, -0.2) is 13.1 Å². The van der Waals surface area contributed by atoms with E-state index in [1.807, 2.05) is 6.92 Å². The van der Waals surface area contributed by atoms with Gasteiger partial charge in [-0.05, 0) is 42.3 Å². The van der Waals surface area contributed by atoms with Crippen LogP contribution in [0.3, 0.4) is 0 Å². The number of hydrogen-bond donors (Lipinski definition) is 3. The molecule has 0 spiro atoms. The molecule has 0 radical (unpaired) electrons. The van der Waals surface area contributed by atoms with Crippen molar-refractivity contribution in [2.24, 2.45) is 0 Å². The summed E-state index contributed by atoms with van der Waals surface area (Å²) in [5.41, 5.74) is 1.70. The van der Waals surface area contributed by atoms with Crippen LogP contribution in [0.25, 0.3) is 0 Å². The van der Waals surface area contributed by atoms with Crippen LogP contribution in [0.4, 0.5) is 5.69 Å². The second-order valence-electron chi connectivity index (χ2n) is 6.34. The first-order valence-electron chi connectivity index (χ1n) is 9.06. The molecule has 2 aromatic carbocycles. The number of anilines is 1. The summed E-state index contributed by atoms with van der Waals surface area (Å²) < 4.78 is 27.2. The molecule has 0 aliphatic heterocycles. The van der Waals surface area contributed by atoms with Crippen molar-refractivity contribution >= 4 is 27.5 Å². The number of hydrogen-bond acceptors (Lipinski definition) is 4. The zero-order valence-corrected chi connectivity index (χ0v) is 16.8. The fourth-order valence-corrected chi connectivity index (χ4v) is 3.53. The predicted octanol–water partition coefficient (Wildman–Crippen LogP) is 2.65. The molecule has 0 bridgehead atoms. The molecule has 0 atom stereocenters. The molecule has 3 N–H and O–H groups in total. The maximum absolute atomic E-state index is 12.4. The molecule has 0 aliphatic carbocycles. The third-order valence-corrected chi connectivity index (χ3v) is 5.44. The highest BCUT2D eigenvalue weighted by Gasteiger charge is 2.14. The second-order valence-corrected chi connectivity index (χ2v) is 8.11. The molecule has 0 aromatic heterocycles. The van der Waals surface area contributed by atoms with Crippen LogP contribution < -0.4 is 15.4 Å². The summed E-state index contributed by atoms with van der Waals surface area (Å²) in [7, 11) is -3.61. The quantitative estimate of drug-likeness (QED) is 0.560. The predicted molar refractivity (Wildman–Crippen MR) is 108 cm³/mol. The summed E-state index contributed by atoms with van der Waals surface area (Å²) in [5, 5.41) is 5.39. The minimum Gasteiger partial charge on any atom is -0.352 e.